The van der Waals surface area contributed by atoms with E-state index in [4.69, 9.17) is 11.6 Å². The molecule has 0 spiro atoms. The highest BCUT2D eigenvalue weighted by atomic mass is 35.5. The molecule has 1 aliphatic rings. The molecule has 10 heteroatoms. The Balaban J connectivity index is 1.63. The summed E-state index contributed by atoms with van der Waals surface area (Å²) in [7, 11) is 0. The number of aliphatic hydroxyl groups excluding tert-OH is 1. The first-order valence-corrected chi connectivity index (χ1v) is 10.7. The number of hydrogen-bond donors (Lipinski definition) is 2. The number of benzene rings is 1. The van der Waals surface area contributed by atoms with Crippen molar-refractivity contribution in [1.82, 2.24) is 10.2 Å². The first kappa shape index (κ1) is 22.9. The molecular formula is C20H22ClF3N2O3S. The van der Waals surface area contributed by atoms with Gasteiger partial charge in [-0.3, -0.25) is 4.79 Å². The van der Waals surface area contributed by atoms with E-state index >= 15 is 0 Å². The number of nitrogens with zero attached hydrogens (tertiary/aromatic N) is 1. The van der Waals surface area contributed by atoms with Gasteiger partial charge in [0, 0.05) is 11.4 Å². The molecule has 1 amide bonds. The molecule has 2 atom stereocenters. The van der Waals surface area contributed by atoms with Gasteiger partial charge in [-0.05, 0) is 55.8 Å². The lowest BCUT2D eigenvalue weighted by Gasteiger charge is -2.28. The normalized spacial score (nSPS) is 17.0. The summed E-state index contributed by atoms with van der Waals surface area (Å²) in [5, 5.41) is 13.7. The van der Waals surface area contributed by atoms with Gasteiger partial charge in [0.2, 0.25) is 5.91 Å². The van der Waals surface area contributed by atoms with E-state index in [2.05, 4.69) is 15.0 Å². The largest absolute Gasteiger partial charge is 0.573 e. The van der Waals surface area contributed by atoms with Gasteiger partial charge in [-0.1, -0.05) is 23.7 Å². The summed E-state index contributed by atoms with van der Waals surface area (Å²) >= 11 is 7.23. The van der Waals surface area contributed by atoms with Gasteiger partial charge < -0.3 is 20.1 Å². The lowest BCUT2D eigenvalue weighted by molar-refractivity contribution is -0.274. The lowest BCUT2D eigenvalue weighted by atomic mass is 10.1. The van der Waals surface area contributed by atoms with Crippen LogP contribution < -0.4 is 10.1 Å². The third-order valence-corrected chi connectivity index (χ3v) is 6.09. The minimum atomic E-state index is -4.76. The van der Waals surface area contributed by atoms with Crippen LogP contribution in [0.4, 0.5) is 13.2 Å². The van der Waals surface area contributed by atoms with Gasteiger partial charge in [0.1, 0.15) is 11.9 Å². The van der Waals surface area contributed by atoms with Crippen LogP contribution in [0.2, 0.25) is 4.34 Å². The molecule has 2 aromatic rings. The Morgan fingerprint density at radius 2 is 1.87 bits per heavy atom. The van der Waals surface area contributed by atoms with E-state index in [0.717, 1.165) is 25.9 Å². The van der Waals surface area contributed by atoms with Crippen molar-refractivity contribution >= 4 is 28.8 Å². The number of alkyl halides is 3. The van der Waals surface area contributed by atoms with E-state index in [-0.39, 0.29) is 18.1 Å². The molecule has 1 aromatic carbocycles. The van der Waals surface area contributed by atoms with Gasteiger partial charge in [0.15, 0.2) is 0 Å². The number of likely N-dealkylation sites (tertiary alicyclic amines) is 1. The maximum absolute atomic E-state index is 12.6. The molecule has 1 aromatic heterocycles. The van der Waals surface area contributed by atoms with Crippen molar-refractivity contribution in [3.8, 4) is 5.75 Å². The highest BCUT2D eigenvalue weighted by molar-refractivity contribution is 7.16. The summed E-state index contributed by atoms with van der Waals surface area (Å²) in [6, 6.07) is 8.06. The Labute approximate surface area is 181 Å². The van der Waals surface area contributed by atoms with Crippen LogP contribution in [0, 0.1) is 0 Å². The van der Waals surface area contributed by atoms with Crippen LogP contribution in [0.5, 0.6) is 5.75 Å². The minimum absolute atomic E-state index is 0.0271. The maximum atomic E-state index is 12.6. The third-order valence-electron chi connectivity index (χ3n) is 4.79. The molecule has 1 saturated heterocycles. The summed E-state index contributed by atoms with van der Waals surface area (Å²) < 4.78 is 41.2. The van der Waals surface area contributed by atoms with Crippen molar-refractivity contribution < 1.29 is 27.8 Å². The number of carbonyl (C=O) groups excluding carboxylic acids is 1. The zero-order chi connectivity index (χ0) is 21.7. The molecule has 2 N–H and O–H groups in total. The van der Waals surface area contributed by atoms with Crippen LogP contribution in [-0.4, -0.2) is 48.0 Å². The second-order valence-corrected chi connectivity index (χ2v) is 8.88. The van der Waals surface area contributed by atoms with Crippen LogP contribution in [0.3, 0.4) is 0 Å². The van der Waals surface area contributed by atoms with E-state index in [9.17, 15) is 23.1 Å². The molecule has 0 saturated carbocycles. The average Bonchev–Trinajstić information content (AvgIpc) is 3.33. The average molecular weight is 463 g/mol. The second-order valence-electron chi connectivity index (χ2n) is 7.14. The van der Waals surface area contributed by atoms with Crippen molar-refractivity contribution in [3.63, 3.8) is 0 Å². The molecule has 1 aliphatic heterocycles. The van der Waals surface area contributed by atoms with Crippen LogP contribution in [0.15, 0.2) is 36.4 Å². The van der Waals surface area contributed by atoms with Gasteiger partial charge in [-0.15, -0.1) is 24.5 Å². The SMILES string of the molecule is O=C(Cc1ccc(OC(F)(F)F)cc1)NC(CN1CCCC1)[C@H](O)c1ccc(Cl)s1. The molecule has 30 heavy (non-hydrogen) atoms. The van der Waals surface area contributed by atoms with Gasteiger partial charge in [-0.25, -0.2) is 0 Å². The Morgan fingerprint density at radius 3 is 2.43 bits per heavy atom. The Bertz CT molecular complexity index is 839. The molecule has 0 aliphatic carbocycles. The summed E-state index contributed by atoms with van der Waals surface area (Å²) in [6.07, 6.45) is -3.54. The van der Waals surface area contributed by atoms with E-state index in [1.54, 1.807) is 12.1 Å². The number of aliphatic hydroxyl groups is 1. The van der Waals surface area contributed by atoms with Gasteiger partial charge in [-0.2, -0.15) is 0 Å². The first-order chi connectivity index (χ1) is 14.2. The summed E-state index contributed by atoms with van der Waals surface area (Å²) in [4.78, 5) is 15.4. The quantitative estimate of drug-likeness (QED) is 0.618. The number of thiophene rings is 1. The minimum Gasteiger partial charge on any atom is -0.406 e. The number of halogens is 4. The molecule has 0 bridgehead atoms. The maximum Gasteiger partial charge on any atom is 0.573 e. The van der Waals surface area contributed by atoms with E-state index < -0.39 is 18.5 Å². The number of amides is 1. The van der Waals surface area contributed by atoms with E-state index in [1.165, 1.54) is 35.6 Å². The fourth-order valence-corrected chi connectivity index (χ4v) is 4.52. The molecule has 1 unspecified atom stereocenters. The zero-order valence-electron chi connectivity index (χ0n) is 16.0. The highest BCUT2D eigenvalue weighted by Crippen LogP contribution is 2.29. The summed E-state index contributed by atoms with van der Waals surface area (Å²) in [6.45, 7) is 2.32. The standard InChI is InChI=1S/C20H22ClF3N2O3S/c21-17-8-7-16(30-17)19(28)15(12-26-9-1-2-10-26)25-18(27)11-13-3-5-14(6-4-13)29-20(22,23)24/h3-8,15,19,28H,1-2,9-12H2,(H,25,27)/t15?,19-/m0/s1. The van der Waals surface area contributed by atoms with Gasteiger partial charge in [0.05, 0.1) is 16.8 Å². The number of ether oxygens (including phenoxy) is 1. The van der Waals surface area contributed by atoms with Crippen molar-refractivity contribution in [3.05, 3.63) is 51.2 Å². The van der Waals surface area contributed by atoms with Crippen molar-refractivity contribution in [2.45, 2.75) is 37.8 Å². The van der Waals surface area contributed by atoms with Crippen molar-refractivity contribution in [2.75, 3.05) is 19.6 Å². The van der Waals surface area contributed by atoms with Crippen LogP contribution in [-0.2, 0) is 11.2 Å². The predicted molar refractivity (Wildman–Crippen MR) is 109 cm³/mol. The third kappa shape index (κ3) is 6.87. The highest BCUT2D eigenvalue weighted by Gasteiger charge is 2.31. The zero-order valence-corrected chi connectivity index (χ0v) is 17.6. The summed E-state index contributed by atoms with van der Waals surface area (Å²) in [5.74, 6) is -0.672. The number of rotatable bonds is 8. The monoisotopic (exact) mass is 462 g/mol. The van der Waals surface area contributed by atoms with Crippen LogP contribution >= 0.6 is 22.9 Å². The Hall–Kier alpha value is -1.81. The molecule has 2 heterocycles. The fourth-order valence-electron chi connectivity index (χ4n) is 3.41. The molecular weight excluding hydrogens is 441 g/mol. The van der Waals surface area contributed by atoms with E-state index in [0.29, 0.717) is 21.3 Å². The molecule has 1 fully saturated rings. The van der Waals surface area contributed by atoms with Crippen LogP contribution in [0.1, 0.15) is 29.4 Å². The van der Waals surface area contributed by atoms with Crippen molar-refractivity contribution in [2.24, 2.45) is 0 Å². The number of nitrogens with one attached hydrogen (secondary N) is 1. The van der Waals surface area contributed by atoms with Crippen molar-refractivity contribution in [1.29, 1.82) is 0 Å². The fraction of sp³-hybridized carbons (Fsp3) is 0.450. The second kappa shape index (κ2) is 10.00. The Morgan fingerprint density at radius 1 is 1.20 bits per heavy atom. The van der Waals surface area contributed by atoms with Gasteiger partial charge in [0.25, 0.3) is 0 Å². The smallest absolute Gasteiger partial charge is 0.406 e. The van der Waals surface area contributed by atoms with E-state index in [1.807, 2.05) is 0 Å². The molecule has 164 valence electrons. The number of carbonyl (C=O) groups is 1. The van der Waals surface area contributed by atoms with Gasteiger partial charge >= 0.3 is 6.36 Å². The first-order valence-electron chi connectivity index (χ1n) is 9.49. The molecule has 3 rings (SSSR count). The lowest BCUT2D eigenvalue weighted by Crippen LogP contribution is -2.47. The topological polar surface area (TPSA) is 61.8 Å². The summed E-state index contributed by atoms with van der Waals surface area (Å²) in [5.41, 5.74) is 0.538. The number of hydrogen-bond acceptors (Lipinski definition) is 5. The molecule has 0 radical (unpaired) electrons. The van der Waals surface area contributed by atoms with Crippen LogP contribution in [0.25, 0.3) is 0 Å². The molecule has 5 nitrogen and oxygen atoms in total. The Kier molecular flexibility index (Phi) is 7.62. The predicted octanol–water partition coefficient (Wildman–Crippen LogP) is 4.16.